The molecule has 3 heterocycles. The SMILES string of the molecule is CC(C)(F)CNc1cc(Nc2ccn3nccc3c2)ncc1C(=O)NCC(F)C(C)(C)O. The van der Waals surface area contributed by atoms with E-state index in [2.05, 4.69) is 26.0 Å². The molecule has 3 aromatic heterocycles. The van der Waals surface area contributed by atoms with E-state index in [0.717, 1.165) is 11.2 Å². The Hall–Kier alpha value is -3.27. The third kappa shape index (κ3) is 6.13. The average molecular weight is 447 g/mol. The van der Waals surface area contributed by atoms with Gasteiger partial charge in [-0.15, -0.1) is 0 Å². The zero-order chi connectivity index (χ0) is 23.5. The Bertz CT molecular complexity index is 1090. The van der Waals surface area contributed by atoms with Crippen LogP contribution < -0.4 is 16.0 Å². The molecule has 0 aliphatic carbocycles. The summed E-state index contributed by atoms with van der Waals surface area (Å²) in [5.41, 5.74) is -0.998. The first kappa shape index (κ1) is 23.4. The maximum atomic E-state index is 14.1. The van der Waals surface area contributed by atoms with Crippen molar-refractivity contribution in [1.82, 2.24) is 19.9 Å². The maximum Gasteiger partial charge on any atom is 0.255 e. The number of rotatable bonds is 9. The van der Waals surface area contributed by atoms with Crippen molar-refractivity contribution in [2.45, 2.75) is 45.1 Å². The topological polar surface area (TPSA) is 104 Å². The van der Waals surface area contributed by atoms with E-state index in [1.165, 1.54) is 33.9 Å². The van der Waals surface area contributed by atoms with Crippen LogP contribution in [0.2, 0.25) is 0 Å². The van der Waals surface area contributed by atoms with Crippen LogP contribution in [-0.2, 0) is 0 Å². The molecule has 1 amide bonds. The molecule has 0 bridgehead atoms. The van der Waals surface area contributed by atoms with E-state index in [9.17, 15) is 18.7 Å². The average Bonchev–Trinajstić information content (AvgIpc) is 3.17. The highest BCUT2D eigenvalue weighted by molar-refractivity contribution is 5.99. The number of aliphatic hydroxyl groups is 1. The first-order valence-corrected chi connectivity index (χ1v) is 10.2. The van der Waals surface area contributed by atoms with Gasteiger partial charge in [-0.3, -0.25) is 4.79 Å². The van der Waals surface area contributed by atoms with Crippen LogP contribution in [0.15, 0.2) is 42.9 Å². The van der Waals surface area contributed by atoms with E-state index in [-0.39, 0.29) is 18.7 Å². The molecule has 3 aromatic rings. The lowest BCUT2D eigenvalue weighted by molar-refractivity contribution is -0.00177. The third-order valence-electron chi connectivity index (χ3n) is 4.73. The summed E-state index contributed by atoms with van der Waals surface area (Å²) < 4.78 is 29.8. The fourth-order valence-corrected chi connectivity index (χ4v) is 2.83. The van der Waals surface area contributed by atoms with E-state index in [0.29, 0.717) is 11.5 Å². The summed E-state index contributed by atoms with van der Waals surface area (Å²) in [6.07, 6.45) is 3.16. The number of anilines is 3. The number of nitrogens with zero attached hydrogens (tertiary/aromatic N) is 3. The Kier molecular flexibility index (Phi) is 6.63. The van der Waals surface area contributed by atoms with Crippen molar-refractivity contribution in [2.75, 3.05) is 23.7 Å². The second kappa shape index (κ2) is 9.07. The molecule has 8 nitrogen and oxygen atoms in total. The Morgan fingerprint density at radius 1 is 1.25 bits per heavy atom. The number of aromatic nitrogens is 3. The molecule has 0 saturated carbocycles. The number of halogens is 2. The van der Waals surface area contributed by atoms with Crippen molar-refractivity contribution in [3.63, 3.8) is 0 Å². The maximum absolute atomic E-state index is 14.1. The van der Waals surface area contributed by atoms with Crippen LogP contribution in [0.4, 0.5) is 26.0 Å². The van der Waals surface area contributed by atoms with Crippen molar-refractivity contribution in [1.29, 1.82) is 0 Å². The standard InChI is InChI=1S/C22H28F2N6O2/c1-21(2,24)13-27-17-10-19(29-14-6-8-30-15(9-14)5-7-28-30)25-11-16(17)20(31)26-12-18(23)22(3,4)32/h5-11,18,32H,12-13H2,1-4H3,(H,26,31)(H2,25,27,29). The molecule has 0 aliphatic heterocycles. The van der Waals surface area contributed by atoms with Crippen LogP contribution >= 0.6 is 0 Å². The number of carbonyl (C=O) groups is 1. The Labute approximate surface area is 185 Å². The van der Waals surface area contributed by atoms with Crippen molar-refractivity contribution >= 4 is 28.6 Å². The molecule has 10 heteroatoms. The summed E-state index contributed by atoms with van der Waals surface area (Å²) in [6.45, 7) is 5.05. The number of nitrogens with one attached hydrogen (secondary N) is 3. The number of pyridine rings is 2. The number of amides is 1. The molecular formula is C22H28F2N6O2. The van der Waals surface area contributed by atoms with Gasteiger partial charge in [-0.25, -0.2) is 18.3 Å². The van der Waals surface area contributed by atoms with Crippen LogP contribution in [0.25, 0.3) is 5.52 Å². The molecule has 0 aromatic carbocycles. The molecule has 0 spiro atoms. The van der Waals surface area contributed by atoms with E-state index < -0.39 is 23.3 Å². The smallest absolute Gasteiger partial charge is 0.255 e. The van der Waals surface area contributed by atoms with Gasteiger partial charge in [0.1, 0.15) is 17.7 Å². The van der Waals surface area contributed by atoms with Gasteiger partial charge in [0, 0.05) is 36.9 Å². The molecule has 1 atom stereocenters. The van der Waals surface area contributed by atoms with Crippen LogP contribution in [0.1, 0.15) is 38.1 Å². The normalized spacial score (nSPS) is 13.1. The van der Waals surface area contributed by atoms with Crippen LogP contribution in [0.3, 0.4) is 0 Å². The Morgan fingerprint density at radius 3 is 2.69 bits per heavy atom. The van der Waals surface area contributed by atoms with E-state index >= 15 is 0 Å². The quantitative estimate of drug-likeness (QED) is 0.401. The second-order valence-corrected chi connectivity index (χ2v) is 8.76. The van der Waals surface area contributed by atoms with Crippen LogP contribution in [0.5, 0.6) is 0 Å². The van der Waals surface area contributed by atoms with Gasteiger partial charge in [0.2, 0.25) is 0 Å². The minimum atomic E-state index is -1.65. The summed E-state index contributed by atoms with van der Waals surface area (Å²) in [5.74, 6) is -0.153. The minimum Gasteiger partial charge on any atom is -0.387 e. The van der Waals surface area contributed by atoms with Crippen molar-refractivity contribution in [3.05, 3.63) is 48.4 Å². The van der Waals surface area contributed by atoms with Crippen LogP contribution in [0, 0.1) is 0 Å². The molecule has 172 valence electrons. The highest BCUT2D eigenvalue weighted by atomic mass is 19.1. The van der Waals surface area contributed by atoms with Gasteiger partial charge in [-0.1, -0.05) is 0 Å². The Balaban J connectivity index is 1.81. The molecular weight excluding hydrogens is 418 g/mol. The number of alkyl halides is 2. The van der Waals surface area contributed by atoms with Crippen molar-refractivity contribution in [2.24, 2.45) is 0 Å². The molecule has 0 radical (unpaired) electrons. The summed E-state index contributed by atoms with van der Waals surface area (Å²) in [7, 11) is 0. The fourth-order valence-electron chi connectivity index (χ4n) is 2.83. The number of fused-ring (bicyclic) bond motifs is 1. The predicted molar refractivity (Wildman–Crippen MR) is 120 cm³/mol. The van der Waals surface area contributed by atoms with Gasteiger partial charge in [0.25, 0.3) is 5.91 Å². The molecule has 1 unspecified atom stereocenters. The highest BCUT2D eigenvalue weighted by Gasteiger charge is 2.27. The lowest BCUT2D eigenvalue weighted by atomic mass is 10.0. The van der Waals surface area contributed by atoms with E-state index in [1.807, 2.05) is 18.2 Å². The first-order chi connectivity index (χ1) is 14.9. The number of hydrogen-bond donors (Lipinski definition) is 4. The van der Waals surface area contributed by atoms with Gasteiger partial charge >= 0.3 is 0 Å². The molecule has 3 rings (SSSR count). The first-order valence-electron chi connectivity index (χ1n) is 10.2. The lowest BCUT2D eigenvalue weighted by Crippen LogP contribution is -2.42. The summed E-state index contributed by atoms with van der Waals surface area (Å²) in [5, 5.41) is 22.4. The molecule has 0 fully saturated rings. The summed E-state index contributed by atoms with van der Waals surface area (Å²) in [6, 6.07) is 7.14. The summed E-state index contributed by atoms with van der Waals surface area (Å²) in [4.78, 5) is 16.9. The van der Waals surface area contributed by atoms with Gasteiger partial charge in [-0.2, -0.15) is 5.10 Å². The number of carbonyl (C=O) groups excluding carboxylic acids is 1. The Morgan fingerprint density at radius 2 is 2.00 bits per heavy atom. The molecule has 0 aliphatic rings. The molecule has 4 N–H and O–H groups in total. The number of hydrogen-bond acceptors (Lipinski definition) is 6. The van der Waals surface area contributed by atoms with E-state index in [1.54, 1.807) is 23.0 Å². The van der Waals surface area contributed by atoms with Crippen LogP contribution in [-0.4, -0.2) is 56.1 Å². The lowest BCUT2D eigenvalue weighted by Gasteiger charge is -2.23. The molecule has 32 heavy (non-hydrogen) atoms. The zero-order valence-corrected chi connectivity index (χ0v) is 18.5. The largest absolute Gasteiger partial charge is 0.387 e. The second-order valence-electron chi connectivity index (χ2n) is 8.76. The van der Waals surface area contributed by atoms with Gasteiger partial charge < -0.3 is 21.1 Å². The zero-order valence-electron chi connectivity index (χ0n) is 18.5. The molecule has 0 saturated heterocycles. The van der Waals surface area contributed by atoms with Crippen molar-refractivity contribution in [3.8, 4) is 0 Å². The monoisotopic (exact) mass is 446 g/mol. The predicted octanol–water partition coefficient (Wildman–Crippen LogP) is 3.47. The summed E-state index contributed by atoms with van der Waals surface area (Å²) >= 11 is 0. The third-order valence-corrected chi connectivity index (χ3v) is 4.73. The van der Waals surface area contributed by atoms with Gasteiger partial charge in [-0.05, 0) is 45.9 Å². The van der Waals surface area contributed by atoms with Gasteiger partial charge in [0.05, 0.1) is 28.9 Å². The minimum absolute atomic E-state index is 0.0477. The van der Waals surface area contributed by atoms with E-state index in [4.69, 9.17) is 0 Å². The van der Waals surface area contributed by atoms with Gasteiger partial charge in [0.15, 0.2) is 0 Å². The highest BCUT2D eigenvalue weighted by Crippen LogP contribution is 2.24. The fraction of sp³-hybridized carbons (Fsp3) is 0.409. The van der Waals surface area contributed by atoms with Crippen molar-refractivity contribution < 1.29 is 18.7 Å².